The Labute approximate surface area is 188 Å². The van der Waals surface area contributed by atoms with Crippen molar-refractivity contribution in [3.8, 4) is 5.75 Å². The zero-order valence-corrected chi connectivity index (χ0v) is 18.2. The Morgan fingerprint density at radius 2 is 2.06 bits per heavy atom. The molecule has 31 heavy (non-hydrogen) atoms. The van der Waals surface area contributed by atoms with Crippen LogP contribution in [0.15, 0.2) is 54.0 Å². The van der Waals surface area contributed by atoms with Gasteiger partial charge in [0.05, 0.1) is 18.2 Å². The van der Waals surface area contributed by atoms with Gasteiger partial charge in [-0.1, -0.05) is 17.7 Å². The first kappa shape index (κ1) is 20.0. The molecule has 1 aliphatic heterocycles. The Kier molecular flexibility index (Phi) is 5.57. The van der Waals surface area contributed by atoms with Crippen LogP contribution in [0.5, 0.6) is 5.75 Å². The molecule has 1 aromatic carbocycles. The van der Waals surface area contributed by atoms with Crippen molar-refractivity contribution in [2.45, 2.75) is 31.9 Å². The standard InChI is InChI=1S/C22H20ClN5O2S/c23-15-6-8-17(9-7-15)30-13-20-24-16(14-31-20)12-21(29)27-11-3-4-18(27)22-26-25-19-5-1-2-10-28(19)22/h1-2,5-10,14,18H,3-4,11-13H2. The third-order valence-corrected chi connectivity index (χ3v) is 6.44. The van der Waals surface area contributed by atoms with Crippen molar-refractivity contribution in [1.29, 1.82) is 0 Å². The number of ether oxygens (including phenoxy) is 1. The summed E-state index contributed by atoms with van der Waals surface area (Å²) in [6.07, 6.45) is 4.05. The van der Waals surface area contributed by atoms with Crippen molar-refractivity contribution < 1.29 is 9.53 Å². The second-order valence-electron chi connectivity index (χ2n) is 7.38. The SMILES string of the molecule is O=C(Cc1csc(COc2ccc(Cl)cc2)n1)N1CCCC1c1nnc2ccccn12. The molecule has 158 valence electrons. The summed E-state index contributed by atoms with van der Waals surface area (Å²) in [5.74, 6) is 1.61. The maximum atomic E-state index is 13.1. The minimum absolute atomic E-state index is 0.0590. The number of hydrogen-bond acceptors (Lipinski definition) is 6. The molecule has 1 amide bonds. The number of amides is 1. The van der Waals surface area contributed by atoms with Crippen LogP contribution in [0.4, 0.5) is 0 Å². The third-order valence-electron chi connectivity index (χ3n) is 5.32. The van der Waals surface area contributed by atoms with Gasteiger partial charge in [-0.3, -0.25) is 9.20 Å². The Bertz CT molecular complexity index is 1210. The predicted molar refractivity (Wildman–Crippen MR) is 118 cm³/mol. The number of carbonyl (C=O) groups excluding carboxylic acids is 1. The average molecular weight is 454 g/mol. The number of fused-ring (bicyclic) bond motifs is 1. The van der Waals surface area contributed by atoms with Gasteiger partial charge in [0.1, 0.15) is 17.4 Å². The van der Waals surface area contributed by atoms with Gasteiger partial charge in [-0.2, -0.15) is 0 Å². The van der Waals surface area contributed by atoms with Crippen LogP contribution < -0.4 is 4.74 Å². The van der Waals surface area contributed by atoms with Crippen molar-refractivity contribution in [3.05, 3.63) is 75.6 Å². The molecule has 0 aliphatic carbocycles. The van der Waals surface area contributed by atoms with Crippen LogP contribution in [0.25, 0.3) is 5.65 Å². The Hall–Kier alpha value is -2.97. The summed E-state index contributed by atoms with van der Waals surface area (Å²) >= 11 is 7.39. The zero-order chi connectivity index (χ0) is 21.2. The van der Waals surface area contributed by atoms with Crippen LogP contribution in [0.3, 0.4) is 0 Å². The van der Waals surface area contributed by atoms with Crippen LogP contribution in [0.2, 0.25) is 5.02 Å². The van der Waals surface area contributed by atoms with Crippen molar-refractivity contribution >= 4 is 34.5 Å². The minimum Gasteiger partial charge on any atom is -0.486 e. The summed E-state index contributed by atoms with van der Waals surface area (Å²) in [4.78, 5) is 19.6. The fraction of sp³-hybridized carbons (Fsp3) is 0.273. The van der Waals surface area contributed by atoms with E-state index >= 15 is 0 Å². The van der Waals surface area contributed by atoms with Crippen LogP contribution in [0.1, 0.15) is 35.4 Å². The number of likely N-dealkylation sites (tertiary alicyclic amines) is 1. The highest BCUT2D eigenvalue weighted by Crippen LogP contribution is 2.31. The lowest BCUT2D eigenvalue weighted by Crippen LogP contribution is -2.32. The summed E-state index contributed by atoms with van der Waals surface area (Å²) in [7, 11) is 0. The van der Waals surface area contributed by atoms with Gasteiger partial charge >= 0.3 is 0 Å². The number of nitrogens with zero attached hydrogens (tertiary/aromatic N) is 5. The lowest BCUT2D eigenvalue weighted by molar-refractivity contribution is -0.131. The summed E-state index contributed by atoms with van der Waals surface area (Å²) < 4.78 is 7.71. The molecule has 9 heteroatoms. The molecular formula is C22H20ClN5O2S. The molecule has 4 heterocycles. The van der Waals surface area contributed by atoms with Gasteiger partial charge in [0.2, 0.25) is 5.91 Å². The Morgan fingerprint density at radius 1 is 1.19 bits per heavy atom. The van der Waals surface area contributed by atoms with Gasteiger partial charge in [0.15, 0.2) is 11.5 Å². The van der Waals surface area contributed by atoms with Gasteiger partial charge in [-0.25, -0.2) is 4.98 Å². The molecule has 0 saturated carbocycles. The van der Waals surface area contributed by atoms with E-state index in [-0.39, 0.29) is 18.4 Å². The van der Waals surface area contributed by atoms with E-state index in [4.69, 9.17) is 16.3 Å². The molecule has 1 unspecified atom stereocenters. The highest BCUT2D eigenvalue weighted by atomic mass is 35.5. The maximum absolute atomic E-state index is 13.1. The van der Waals surface area contributed by atoms with Crippen LogP contribution >= 0.6 is 22.9 Å². The maximum Gasteiger partial charge on any atom is 0.229 e. The van der Waals surface area contributed by atoms with Crippen molar-refractivity contribution in [2.24, 2.45) is 0 Å². The van der Waals surface area contributed by atoms with E-state index in [1.807, 2.05) is 51.2 Å². The first-order valence-corrected chi connectivity index (χ1v) is 11.3. The predicted octanol–water partition coefficient (Wildman–Crippen LogP) is 4.32. The first-order chi connectivity index (χ1) is 15.2. The zero-order valence-electron chi connectivity index (χ0n) is 16.6. The van der Waals surface area contributed by atoms with Gasteiger partial charge < -0.3 is 9.64 Å². The molecule has 0 bridgehead atoms. The van der Waals surface area contributed by atoms with Gasteiger partial charge in [0.25, 0.3) is 0 Å². The number of rotatable bonds is 6. The topological polar surface area (TPSA) is 72.6 Å². The summed E-state index contributed by atoms with van der Waals surface area (Å²) in [6.45, 7) is 1.08. The lowest BCUT2D eigenvalue weighted by Gasteiger charge is -2.23. The van der Waals surface area contributed by atoms with Gasteiger partial charge in [-0.05, 0) is 49.2 Å². The smallest absolute Gasteiger partial charge is 0.229 e. The van der Waals surface area contributed by atoms with E-state index in [2.05, 4.69) is 15.2 Å². The molecule has 5 rings (SSSR count). The number of hydrogen-bond donors (Lipinski definition) is 0. The van der Waals surface area contributed by atoms with Crippen molar-refractivity contribution in [1.82, 2.24) is 24.5 Å². The molecule has 1 fully saturated rings. The van der Waals surface area contributed by atoms with Gasteiger partial charge in [-0.15, -0.1) is 21.5 Å². The lowest BCUT2D eigenvalue weighted by atomic mass is 10.2. The largest absolute Gasteiger partial charge is 0.486 e. The molecule has 0 radical (unpaired) electrons. The summed E-state index contributed by atoms with van der Waals surface area (Å²) in [6, 6.07) is 13.0. The van der Waals surface area contributed by atoms with Gasteiger partial charge in [0, 0.05) is 23.1 Å². The van der Waals surface area contributed by atoms with Crippen molar-refractivity contribution in [2.75, 3.05) is 6.54 Å². The third kappa shape index (κ3) is 4.26. The quantitative estimate of drug-likeness (QED) is 0.434. The fourth-order valence-corrected chi connectivity index (χ4v) is 4.68. The number of pyridine rings is 1. The number of halogens is 1. The number of aromatic nitrogens is 4. The average Bonchev–Trinajstić information content (AvgIpc) is 3.52. The molecule has 1 saturated heterocycles. The molecule has 3 aromatic heterocycles. The summed E-state index contributed by atoms with van der Waals surface area (Å²) in [5.41, 5.74) is 1.56. The van der Waals surface area contributed by atoms with Crippen LogP contribution in [-0.4, -0.2) is 36.9 Å². The number of benzene rings is 1. The van der Waals surface area contributed by atoms with E-state index in [1.165, 1.54) is 11.3 Å². The van der Waals surface area contributed by atoms with Crippen LogP contribution in [-0.2, 0) is 17.8 Å². The second kappa shape index (κ2) is 8.64. The fourth-order valence-electron chi connectivity index (χ4n) is 3.85. The molecule has 1 atom stereocenters. The molecule has 1 aliphatic rings. The molecular weight excluding hydrogens is 434 g/mol. The van der Waals surface area contributed by atoms with E-state index in [1.54, 1.807) is 12.1 Å². The molecule has 4 aromatic rings. The second-order valence-corrected chi connectivity index (χ2v) is 8.76. The molecule has 0 N–H and O–H groups in total. The van der Waals surface area contributed by atoms with E-state index < -0.39 is 0 Å². The number of thiazole rings is 1. The molecule has 7 nitrogen and oxygen atoms in total. The normalized spacial score (nSPS) is 16.2. The Morgan fingerprint density at radius 3 is 2.94 bits per heavy atom. The highest BCUT2D eigenvalue weighted by molar-refractivity contribution is 7.09. The Balaban J connectivity index is 1.24. The minimum atomic E-state index is -0.0590. The summed E-state index contributed by atoms with van der Waals surface area (Å²) in [5, 5.41) is 12.0. The highest BCUT2D eigenvalue weighted by Gasteiger charge is 2.33. The van der Waals surface area contributed by atoms with E-state index in [9.17, 15) is 4.79 Å². The van der Waals surface area contributed by atoms with E-state index in [0.29, 0.717) is 11.6 Å². The van der Waals surface area contributed by atoms with Crippen LogP contribution in [0, 0.1) is 0 Å². The van der Waals surface area contributed by atoms with E-state index in [0.717, 1.165) is 47.3 Å². The first-order valence-electron chi connectivity index (χ1n) is 10.1. The van der Waals surface area contributed by atoms with Crippen molar-refractivity contribution in [3.63, 3.8) is 0 Å². The molecule has 0 spiro atoms. The number of carbonyl (C=O) groups is 1. The monoisotopic (exact) mass is 453 g/mol.